The zero-order chi connectivity index (χ0) is 32.1. The zero-order valence-electron chi connectivity index (χ0n) is 30.6. The number of nitrogens with zero attached hydrogens (tertiary/aromatic N) is 1. The largest absolute Gasteiger partial charge is 0.495 e. The van der Waals surface area contributed by atoms with E-state index in [4.69, 9.17) is 4.74 Å². The van der Waals surface area contributed by atoms with Crippen LogP contribution < -0.4 is 0 Å². The molecule has 260 valence electrons. The first kappa shape index (κ1) is 41.2. The first-order valence-electron chi connectivity index (χ1n) is 20.1. The van der Waals surface area contributed by atoms with Crippen molar-refractivity contribution in [3.05, 3.63) is 12.3 Å². The van der Waals surface area contributed by atoms with E-state index in [0.29, 0.717) is 17.8 Å². The Bertz CT molecular complexity index is 653. The molecule has 3 nitrogen and oxygen atoms in total. The second-order valence-electron chi connectivity index (χ2n) is 14.6. The summed E-state index contributed by atoms with van der Waals surface area (Å²) >= 11 is 0. The second kappa shape index (κ2) is 29.6. The average Bonchev–Trinajstić information content (AvgIpc) is 3.02. The summed E-state index contributed by atoms with van der Waals surface area (Å²) in [6.07, 6.45) is 37.0. The molecular weight excluding hydrogens is 538 g/mol. The molecule has 0 aromatic rings. The highest BCUT2D eigenvalue weighted by Crippen LogP contribution is 2.28. The highest BCUT2D eigenvalue weighted by atomic mass is 16.5. The molecule has 1 rings (SSSR count). The standard InChI is InChI=1S/C41H79NO2/c1-6-9-12-14-15-16-20-24-29-41(44-37(4)39-33-35-42(5)36-34-39)30-25-21-18-17-19-23-28-40(43)32-31-38(26-11-8-3)27-22-13-10-7-2/h38-39,41H,4,6-36H2,1-3,5H3. The Balaban J connectivity index is 2.23. The van der Waals surface area contributed by atoms with Crippen LogP contribution in [-0.2, 0) is 9.53 Å². The van der Waals surface area contributed by atoms with Crippen molar-refractivity contribution in [1.29, 1.82) is 0 Å². The zero-order valence-corrected chi connectivity index (χ0v) is 30.6. The predicted octanol–water partition coefficient (Wildman–Crippen LogP) is 13.0. The Kier molecular flexibility index (Phi) is 27.7. The number of allylic oxidation sites excluding steroid dienone is 1. The van der Waals surface area contributed by atoms with Gasteiger partial charge in [0.1, 0.15) is 5.78 Å². The number of unbranched alkanes of at least 4 members (excludes halogenated alkanes) is 16. The van der Waals surface area contributed by atoms with Gasteiger partial charge in [0.2, 0.25) is 0 Å². The monoisotopic (exact) mass is 618 g/mol. The molecule has 0 saturated carbocycles. The van der Waals surface area contributed by atoms with E-state index in [0.717, 1.165) is 37.4 Å². The van der Waals surface area contributed by atoms with Gasteiger partial charge in [-0.25, -0.2) is 0 Å². The van der Waals surface area contributed by atoms with Crippen molar-refractivity contribution in [3.63, 3.8) is 0 Å². The molecule has 0 aromatic heterocycles. The van der Waals surface area contributed by atoms with Gasteiger partial charge in [0, 0.05) is 18.8 Å². The van der Waals surface area contributed by atoms with Gasteiger partial charge < -0.3 is 9.64 Å². The van der Waals surface area contributed by atoms with Gasteiger partial charge in [0.25, 0.3) is 0 Å². The van der Waals surface area contributed by atoms with Crippen molar-refractivity contribution in [2.24, 2.45) is 11.8 Å². The Morgan fingerprint density at radius 1 is 0.614 bits per heavy atom. The molecule has 0 bridgehead atoms. The topological polar surface area (TPSA) is 29.5 Å². The molecule has 2 atom stereocenters. The minimum absolute atomic E-state index is 0.354. The summed E-state index contributed by atoms with van der Waals surface area (Å²) < 4.78 is 6.60. The lowest BCUT2D eigenvalue weighted by Crippen LogP contribution is -2.31. The van der Waals surface area contributed by atoms with Gasteiger partial charge in [0.05, 0.1) is 11.9 Å². The number of ketones is 1. The van der Waals surface area contributed by atoms with Gasteiger partial charge in [0.15, 0.2) is 0 Å². The van der Waals surface area contributed by atoms with Gasteiger partial charge in [-0.05, 0) is 77.4 Å². The molecule has 1 aliphatic rings. The number of piperidine rings is 1. The lowest BCUT2D eigenvalue weighted by atomic mass is 9.90. The minimum atomic E-state index is 0.354. The van der Waals surface area contributed by atoms with Crippen molar-refractivity contribution >= 4 is 5.78 Å². The molecule has 1 saturated heterocycles. The van der Waals surface area contributed by atoms with Crippen LogP contribution in [0, 0.1) is 11.8 Å². The fourth-order valence-electron chi connectivity index (χ4n) is 7.09. The first-order valence-corrected chi connectivity index (χ1v) is 20.1. The Morgan fingerprint density at radius 3 is 1.64 bits per heavy atom. The minimum Gasteiger partial charge on any atom is -0.495 e. The molecule has 1 heterocycles. The van der Waals surface area contributed by atoms with Crippen LogP contribution in [0.2, 0.25) is 0 Å². The molecule has 0 aliphatic carbocycles. The SMILES string of the molecule is C=C(OC(CCCCCCCCCC)CCCCCCCCC(=O)CCC(CCCC)CCCCCC)C1CCN(C)CC1. The molecular formula is C41H79NO2. The summed E-state index contributed by atoms with van der Waals surface area (Å²) in [5.74, 6) is 2.91. The number of ether oxygens (including phenoxy) is 1. The van der Waals surface area contributed by atoms with Crippen LogP contribution in [0.25, 0.3) is 0 Å². The molecule has 1 aliphatic heterocycles. The lowest BCUT2D eigenvalue weighted by Gasteiger charge is -2.32. The number of rotatable bonds is 32. The van der Waals surface area contributed by atoms with Crippen LogP contribution >= 0.6 is 0 Å². The van der Waals surface area contributed by atoms with Crippen molar-refractivity contribution in [1.82, 2.24) is 4.90 Å². The fraction of sp³-hybridized carbons (Fsp3) is 0.927. The summed E-state index contributed by atoms with van der Waals surface area (Å²) in [5, 5.41) is 0. The Hall–Kier alpha value is -0.830. The van der Waals surface area contributed by atoms with E-state index in [2.05, 4.69) is 39.3 Å². The van der Waals surface area contributed by atoms with Crippen molar-refractivity contribution < 1.29 is 9.53 Å². The number of Topliss-reactive ketones (excluding diaryl/α,β-unsaturated/α-hetero) is 1. The summed E-state index contributed by atoms with van der Waals surface area (Å²) in [6.45, 7) is 13.6. The highest BCUT2D eigenvalue weighted by molar-refractivity contribution is 5.78. The first-order chi connectivity index (χ1) is 21.5. The van der Waals surface area contributed by atoms with Crippen molar-refractivity contribution in [2.45, 2.75) is 213 Å². The van der Waals surface area contributed by atoms with Crippen LogP contribution in [0.1, 0.15) is 207 Å². The van der Waals surface area contributed by atoms with Gasteiger partial charge in [-0.15, -0.1) is 0 Å². The number of likely N-dealkylation sites (tertiary alicyclic amines) is 1. The van der Waals surface area contributed by atoms with Gasteiger partial charge in [-0.3, -0.25) is 4.79 Å². The number of carbonyl (C=O) groups excluding carboxylic acids is 1. The predicted molar refractivity (Wildman–Crippen MR) is 194 cm³/mol. The third kappa shape index (κ3) is 23.5. The second-order valence-corrected chi connectivity index (χ2v) is 14.6. The third-order valence-corrected chi connectivity index (χ3v) is 10.4. The summed E-state index contributed by atoms with van der Waals surface area (Å²) in [6, 6.07) is 0. The summed E-state index contributed by atoms with van der Waals surface area (Å²) in [7, 11) is 2.23. The Labute approximate surface area is 277 Å². The summed E-state index contributed by atoms with van der Waals surface area (Å²) in [4.78, 5) is 15.0. The van der Waals surface area contributed by atoms with E-state index in [1.54, 1.807) is 0 Å². The Morgan fingerprint density at radius 2 is 1.07 bits per heavy atom. The lowest BCUT2D eigenvalue weighted by molar-refractivity contribution is -0.119. The maximum absolute atomic E-state index is 12.6. The average molecular weight is 618 g/mol. The maximum atomic E-state index is 12.6. The number of hydrogen-bond acceptors (Lipinski definition) is 3. The van der Waals surface area contributed by atoms with E-state index in [1.165, 1.54) is 174 Å². The van der Waals surface area contributed by atoms with Gasteiger partial charge in [-0.2, -0.15) is 0 Å². The van der Waals surface area contributed by atoms with Crippen LogP contribution in [-0.4, -0.2) is 36.9 Å². The van der Waals surface area contributed by atoms with Crippen LogP contribution in [0.4, 0.5) is 0 Å². The van der Waals surface area contributed by atoms with Crippen LogP contribution in [0.3, 0.4) is 0 Å². The van der Waals surface area contributed by atoms with Crippen molar-refractivity contribution in [2.75, 3.05) is 20.1 Å². The molecule has 0 radical (unpaired) electrons. The highest BCUT2D eigenvalue weighted by Gasteiger charge is 2.22. The summed E-state index contributed by atoms with van der Waals surface area (Å²) in [5.41, 5.74) is 0. The molecule has 0 aromatic carbocycles. The van der Waals surface area contributed by atoms with E-state index in [1.807, 2.05) is 0 Å². The normalized spacial score (nSPS) is 15.8. The quantitative estimate of drug-likeness (QED) is 0.0555. The number of hydrogen-bond donors (Lipinski definition) is 0. The van der Waals surface area contributed by atoms with E-state index in [-0.39, 0.29) is 0 Å². The molecule has 3 heteroatoms. The fourth-order valence-corrected chi connectivity index (χ4v) is 7.09. The van der Waals surface area contributed by atoms with Crippen molar-refractivity contribution in [3.8, 4) is 0 Å². The maximum Gasteiger partial charge on any atom is 0.132 e. The smallest absolute Gasteiger partial charge is 0.132 e. The molecule has 44 heavy (non-hydrogen) atoms. The molecule has 0 amide bonds. The van der Waals surface area contributed by atoms with E-state index >= 15 is 0 Å². The molecule has 0 spiro atoms. The van der Waals surface area contributed by atoms with E-state index in [9.17, 15) is 4.79 Å². The molecule has 1 fully saturated rings. The molecule has 0 N–H and O–H groups in total. The van der Waals surface area contributed by atoms with Crippen LogP contribution in [0.5, 0.6) is 0 Å². The third-order valence-electron chi connectivity index (χ3n) is 10.4. The van der Waals surface area contributed by atoms with Crippen LogP contribution in [0.15, 0.2) is 12.3 Å². The molecule has 2 unspecified atom stereocenters. The van der Waals surface area contributed by atoms with Gasteiger partial charge in [-0.1, -0.05) is 149 Å². The van der Waals surface area contributed by atoms with E-state index < -0.39 is 0 Å². The van der Waals surface area contributed by atoms with Gasteiger partial charge >= 0.3 is 0 Å². The number of carbonyl (C=O) groups is 1.